The van der Waals surface area contributed by atoms with E-state index in [0.717, 1.165) is 39.0 Å². The Hall–Kier alpha value is -6.90. The standard InChI is InChI=1S/C54H40N2/c1-5-17-38-34(6-2)28-31-48-51(38)52-45(26-16-27-47(52)54(48,3)4)43-29-30-44(41-24-14-13-23-40(41)43)49-33-50(56-53(55-49)35-18-8-7-9-19-35)46-32-36-20-10-11-21-37(36)39-22-12-15-25-42(39)46/h5-33H,2H2,1,3-4H3/b17-5-. The Morgan fingerprint density at radius 1 is 0.500 bits per heavy atom. The van der Waals surface area contributed by atoms with E-state index in [2.05, 4.69) is 191 Å². The molecule has 1 aliphatic rings. The van der Waals surface area contributed by atoms with Gasteiger partial charge in [0.05, 0.1) is 11.4 Å². The van der Waals surface area contributed by atoms with Gasteiger partial charge in [-0.25, -0.2) is 9.97 Å². The normalized spacial score (nSPS) is 13.1. The lowest BCUT2D eigenvalue weighted by molar-refractivity contribution is 0.660. The van der Waals surface area contributed by atoms with Gasteiger partial charge in [-0.2, -0.15) is 0 Å². The average Bonchev–Trinajstić information content (AvgIpc) is 3.49. The highest BCUT2D eigenvalue weighted by atomic mass is 14.9. The number of hydrogen-bond donors (Lipinski definition) is 0. The first-order valence-corrected chi connectivity index (χ1v) is 19.4. The van der Waals surface area contributed by atoms with E-state index in [1.54, 1.807) is 0 Å². The molecule has 0 bridgehead atoms. The van der Waals surface area contributed by atoms with Gasteiger partial charge in [0.15, 0.2) is 5.82 Å². The quantitative estimate of drug-likeness (QED) is 0.160. The van der Waals surface area contributed by atoms with E-state index in [-0.39, 0.29) is 5.41 Å². The fraction of sp³-hybridized carbons (Fsp3) is 0.0741. The molecule has 0 radical (unpaired) electrons. The first-order valence-electron chi connectivity index (χ1n) is 19.4. The zero-order valence-electron chi connectivity index (χ0n) is 31.8. The van der Waals surface area contributed by atoms with Crippen LogP contribution in [0.15, 0.2) is 170 Å². The van der Waals surface area contributed by atoms with Crippen LogP contribution in [0.4, 0.5) is 0 Å². The number of allylic oxidation sites excluding steroid dienone is 1. The van der Waals surface area contributed by atoms with E-state index in [0.29, 0.717) is 5.82 Å². The maximum atomic E-state index is 5.32. The van der Waals surface area contributed by atoms with Crippen LogP contribution in [0.2, 0.25) is 0 Å². The molecule has 0 saturated heterocycles. The molecule has 2 nitrogen and oxygen atoms in total. The van der Waals surface area contributed by atoms with Crippen LogP contribution in [0.5, 0.6) is 0 Å². The van der Waals surface area contributed by atoms with Gasteiger partial charge in [0.2, 0.25) is 0 Å². The zero-order chi connectivity index (χ0) is 38.0. The maximum Gasteiger partial charge on any atom is 0.160 e. The highest BCUT2D eigenvalue weighted by Crippen LogP contribution is 2.55. The lowest BCUT2D eigenvalue weighted by Gasteiger charge is -2.22. The Kier molecular flexibility index (Phi) is 7.90. The number of rotatable bonds is 6. The fourth-order valence-corrected chi connectivity index (χ4v) is 9.13. The second-order valence-electron chi connectivity index (χ2n) is 15.3. The Morgan fingerprint density at radius 2 is 1.11 bits per heavy atom. The molecule has 0 aliphatic heterocycles. The van der Waals surface area contributed by atoms with E-state index < -0.39 is 0 Å². The van der Waals surface area contributed by atoms with Crippen molar-refractivity contribution in [3.63, 3.8) is 0 Å². The van der Waals surface area contributed by atoms with E-state index in [4.69, 9.17) is 9.97 Å². The van der Waals surface area contributed by atoms with Crippen molar-refractivity contribution in [1.29, 1.82) is 0 Å². The molecule has 266 valence electrons. The Bertz CT molecular complexity index is 3080. The Labute approximate surface area is 328 Å². The van der Waals surface area contributed by atoms with Crippen LogP contribution in [0.25, 0.3) is 101 Å². The van der Waals surface area contributed by atoms with Crippen LogP contribution in [0.1, 0.15) is 43.0 Å². The van der Waals surface area contributed by atoms with Crippen LogP contribution >= 0.6 is 0 Å². The van der Waals surface area contributed by atoms with Gasteiger partial charge in [0, 0.05) is 22.1 Å². The molecule has 2 heteroatoms. The van der Waals surface area contributed by atoms with Crippen molar-refractivity contribution < 1.29 is 0 Å². The maximum absolute atomic E-state index is 5.32. The van der Waals surface area contributed by atoms with Gasteiger partial charge >= 0.3 is 0 Å². The van der Waals surface area contributed by atoms with Gasteiger partial charge in [0.1, 0.15) is 0 Å². The molecule has 9 aromatic rings. The van der Waals surface area contributed by atoms with Crippen LogP contribution in [-0.4, -0.2) is 9.97 Å². The molecular weight excluding hydrogens is 677 g/mol. The fourth-order valence-electron chi connectivity index (χ4n) is 9.13. The molecule has 1 heterocycles. The summed E-state index contributed by atoms with van der Waals surface area (Å²) in [4.78, 5) is 10.6. The summed E-state index contributed by atoms with van der Waals surface area (Å²) in [6.07, 6.45) is 6.36. The largest absolute Gasteiger partial charge is 0.228 e. The van der Waals surface area contributed by atoms with Gasteiger partial charge in [0.25, 0.3) is 0 Å². The van der Waals surface area contributed by atoms with Crippen LogP contribution in [0, 0.1) is 0 Å². The van der Waals surface area contributed by atoms with Gasteiger partial charge in [-0.3, -0.25) is 0 Å². The first-order chi connectivity index (χ1) is 27.5. The summed E-state index contributed by atoms with van der Waals surface area (Å²) in [5.41, 5.74) is 14.9. The predicted octanol–water partition coefficient (Wildman–Crippen LogP) is 14.6. The monoisotopic (exact) mass is 716 g/mol. The van der Waals surface area contributed by atoms with Gasteiger partial charge in [-0.05, 0) is 95.9 Å². The van der Waals surface area contributed by atoms with Crippen molar-refractivity contribution in [2.45, 2.75) is 26.2 Å². The number of hydrogen-bond acceptors (Lipinski definition) is 2. The zero-order valence-corrected chi connectivity index (χ0v) is 31.8. The van der Waals surface area contributed by atoms with Gasteiger partial charge < -0.3 is 0 Å². The van der Waals surface area contributed by atoms with E-state index in [1.165, 1.54) is 65.9 Å². The molecule has 0 saturated carbocycles. The second-order valence-corrected chi connectivity index (χ2v) is 15.3. The van der Waals surface area contributed by atoms with Crippen molar-refractivity contribution in [2.24, 2.45) is 0 Å². The molecule has 0 amide bonds. The van der Waals surface area contributed by atoms with E-state index >= 15 is 0 Å². The number of aromatic nitrogens is 2. The van der Waals surface area contributed by atoms with Gasteiger partial charge in [-0.15, -0.1) is 0 Å². The third kappa shape index (κ3) is 5.17. The van der Waals surface area contributed by atoms with Gasteiger partial charge in [-0.1, -0.05) is 184 Å². The lowest BCUT2D eigenvalue weighted by atomic mass is 9.81. The number of nitrogens with zero attached hydrogens (tertiary/aromatic N) is 2. The summed E-state index contributed by atoms with van der Waals surface area (Å²) in [6.45, 7) is 11.0. The average molecular weight is 717 g/mol. The summed E-state index contributed by atoms with van der Waals surface area (Å²) in [7, 11) is 0. The van der Waals surface area contributed by atoms with Crippen LogP contribution in [-0.2, 0) is 5.41 Å². The summed E-state index contributed by atoms with van der Waals surface area (Å²) in [5, 5.41) is 7.16. The Balaban J connectivity index is 1.22. The molecule has 1 aromatic heterocycles. The molecule has 0 spiro atoms. The molecule has 0 N–H and O–H groups in total. The molecule has 0 unspecified atom stereocenters. The number of fused-ring (bicyclic) bond motifs is 7. The summed E-state index contributed by atoms with van der Waals surface area (Å²) in [6, 6.07) is 56.8. The molecular formula is C54H40N2. The number of benzene rings is 8. The predicted molar refractivity (Wildman–Crippen MR) is 239 cm³/mol. The minimum atomic E-state index is -0.148. The molecule has 0 fully saturated rings. The SMILES string of the molecule is C=Cc1ccc2c(c1/C=C\C)-c1c(-c3ccc(-c4cc(-c5cc6ccccc6c6ccccc56)nc(-c5ccccc5)n4)c4ccccc34)cccc1C2(C)C. The molecule has 10 rings (SSSR count). The molecule has 8 aromatic carbocycles. The minimum Gasteiger partial charge on any atom is -0.228 e. The van der Waals surface area contributed by atoms with Crippen molar-refractivity contribution >= 4 is 44.5 Å². The van der Waals surface area contributed by atoms with E-state index in [9.17, 15) is 0 Å². The second kappa shape index (κ2) is 13.1. The van der Waals surface area contributed by atoms with Crippen molar-refractivity contribution in [1.82, 2.24) is 9.97 Å². The topological polar surface area (TPSA) is 25.8 Å². The lowest BCUT2D eigenvalue weighted by Crippen LogP contribution is -2.15. The highest BCUT2D eigenvalue weighted by Gasteiger charge is 2.38. The third-order valence-corrected chi connectivity index (χ3v) is 11.8. The third-order valence-electron chi connectivity index (χ3n) is 11.8. The molecule has 0 atom stereocenters. The molecule has 56 heavy (non-hydrogen) atoms. The van der Waals surface area contributed by atoms with Crippen molar-refractivity contribution in [3.8, 4) is 56.2 Å². The van der Waals surface area contributed by atoms with E-state index in [1.807, 2.05) is 12.1 Å². The first kappa shape index (κ1) is 33.7. The van der Waals surface area contributed by atoms with Crippen LogP contribution in [0.3, 0.4) is 0 Å². The molecule has 1 aliphatic carbocycles. The Morgan fingerprint density at radius 3 is 1.84 bits per heavy atom. The minimum absolute atomic E-state index is 0.148. The highest BCUT2D eigenvalue weighted by molar-refractivity contribution is 6.14. The van der Waals surface area contributed by atoms with Crippen LogP contribution < -0.4 is 0 Å². The summed E-state index contributed by atoms with van der Waals surface area (Å²) >= 11 is 0. The summed E-state index contributed by atoms with van der Waals surface area (Å²) < 4.78 is 0. The summed E-state index contributed by atoms with van der Waals surface area (Å²) in [5.74, 6) is 0.706. The van der Waals surface area contributed by atoms with Crippen molar-refractivity contribution in [3.05, 3.63) is 193 Å². The smallest absolute Gasteiger partial charge is 0.160 e. The van der Waals surface area contributed by atoms with Crippen molar-refractivity contribution in [2.75, 3.05) is 0 Å².